The van der Waals surface area contributed by atoms with E-state index < -0.39 is 0 Å². The number of hydrogen-bond donors (Lipinski definition) is 1. The Kier molecular flexibility index (Phi) is 2.50. The molecule has 1 aromatic rings. The minimum atomic E-state index is 0.483. The molecule has 0 amide bonds. The second-order valence-corrected chi connectivity index (χ2v) is 3.99. The van der Waals surface area contributed by atoms with Crippen LogP contribution in [-0.4, -0.2) is 12.1 Å². The fraction of sp³-hybridized carbons (Fsp3) is 0.500. The average Bonchev–Trinajstić information content (AvgIpc) is 2.06. The molecule has 1 saturated carbocycles. The molecular formula is C10H13ClN2O. The van der Waals surface area contributed by atoms with Crippen molar-refractivity contribution in [3.63, 3.8) is 0 Å². The molecule has 0 spiro atoms. The summed E-state index contributed by atoms with van der Waals surface area (Å²) in [4.78, 5) is 4.33. The van der Waals surface area contributed by atoms with Crippen LogP contribution in [0, 0.1) is 0 Å². The van der Waals surface area contributed by atoms with E-state index in [9.17, 15) is 0 Å². The molecule has 0 saturated heterocycles. The molecule has 0 aliphatic heterocycles. The molecule has 1 aliphatic rings. The Hall–Kier alpha value is -0.960. The minimum Gasteiger partial charge on any atom is -0.480 e. The van der Waals surface area contributed by atoms with E-state index in [2.05, 4.69) is 4.98 Å². The number of rotatable bonds is 2. The monoisotopic (exact) mass is 212 g/mol. The van der Waals surface area contributed by atoms with Crippen molar-refractivity contribution in [3.05, 3.63) is 16.8 Å². The van der Waals surface area contributed by atoms with Crippen LogP contribution < -0.4 is 10.5 Å². The summed E-state index contributed by atoms with van der Waals surface area (Å²) < 4.78 is 5.06. The van der Waals surface area contributed by atoms with Crippen LogP contribution in [0.5, 0.6) is 5.88 Å². The van der Waals surface area contributed by atoms with Crippen molar-refractivity contribution in [2.24, 2.45) is 0 Å². The Morgan fingerprint density at radius 2 is 2.29 bits per heavy atom. The molecule has 0 bridgehead atoms. The zero-order valence-corrected chi connectivity index (χ0v) is 8.84. The van der Waals surface area contributed by atoms with Crippen molar-refractivity contribution in [3.8, 4) is 5.88 Å². The van der Waals surface area contributed by atoms with Crippen LogP contribution in [0.3, 0.4) is 0 Å². The number of nitrogens with two attached hydrogens (primary N) is 1. The van der Waals surface area contributed by atoms with Gasteiger partial charge in [0.1, 0.15) is 0 Å². The number of nitrogens with zero attached hydrogens (tertiary/aromatic N) is 1. The summed E-state index contributed by atoms with van der Waals surface area (Å²) in [5, 5.41) is 0.660. The molecule has 2 N–H and O–H groups in total. The highest BCUT2D eigenvalue weighted by Crippen LogP contribution is 2.40. The van der Waals surface area contributed by atoms with Crippen LogP contribution in [0.15, 0.2) is 6.07 Å². The van der Waals surface area contributed by atoms with E-state index in [1.54, 1.807) is 13.2 Å². The van der Waals surface area contributed by atoms with Gasteiger partial charge in [0.05, 0.1) is 23.5 Å². The molecule has 0 radical (unpaired) electrons. The molecule has 1 fully saturated rings. The van der Waals surface area contributed by atoms with Gasteiger partial charge in [0.2, 0.25) is 5.88 Å². The first-order chi connectivity index (χ1) is 6.72. The average molecular weight is 213 g/mol. The lowest BCUT2D eigenvalue weighted by Crippen LogP contribution is -2.12. The fourth-order valence-corrected chi connectivity index (χ4v) is 1.95. The second kappa shape index (κ2) is 3.65. The molecule has 0 atom stereocenters. The highest BCUT2D eigenvalue weighted by atomic mass is 35.5. The van der Waals surface area contributed by atoms with Gasteiger partial charge >= 0.3 is 0 Å². The van der Waals surface area contributed by atoms with Crippen LogP contribution in [0.1, 0.15) is 30.9 Å². The van der Waals surface area contributed by atoms with Crippen LogP contribution in [-0.2, 0) is 0 Å². The SMILES string of the molecule is COc1nc(C2CCC2)c(Cl)cc1N. The lowest BCUT2D eigenvalue weighted by molar-refractivity contribution is 0.380. The third-order valence-electron chi connectivity index (χ3n) is 2.68. The van der Waals surface area contributed by atoms with Gasteiger partial charge in [-0.05, 0) is 18.9 Å². The topological polar surface area (TPSA) is 48.1 Å². The molecule has 3 nitrogen and oxygen atoms in total. The summed E-state index contributed by atoms with van der Waals surface area (Å²) >= 11 is 6.07. The summed E-state index contributed by atoms with van der Waals surface area (Å²) in [5.74, 6) is 0.980. The Morgan fingerprint density at radius 1 is 1.57 bits per heavy atom. The zero-order valence-electron chi connectivity index (χ0n) is 8.09. The summed E-state index contributed by atoms with van der Waals surface area (Å²) in [5.41, 5.74) is 7.12. The Balaban J connectivity index is 2.38. The first-order valence-electron chi connectivity index (χ1n) is 4.72. The van der Waals surface area contributed by atoms with Crippen molar-refractivity contribution >= 4 is 17.3 Å². The summed E-state index contributed by atoms with van der Waals surface area (Å²) in [7, 11) is 1.57. The zero-order chi connectivity index (χ0) is 10.1. The van der Waals surface area contributed by atoms with Gasteiger partial charge < -0.3 is 10.5 Å². The third-order valence-corrected chi connectivity index (χ3v) is 2.98. The van der Waals surface area contributed by atoms with Crippen LogP contribution in [0.4, 0.5) is 5.69 Å². The Bertz CT molecular complexity index is 350. The van der Waals surface area contributed by atoms with Crippen molar-refractivity contribution < 1.29 is 4.74 Å². The maximum absolute atomic E-state index is 6.07. The lowest BCUT2D eigenvalue weighted by atomic mass is 9.82. The molecule has 76 valence electrons. The van der Waals surface area contributed by atoms with E-state index in [-0.39, 0.29) is 0 Å². The Morgan fingerprint density at radius 3 is 2.79 bits per heavy atom. The third kappa shape index (κ3) is 1.52. The normalized spacial score (nSPS) is 16.4. The van der Waals surface area contributed by atoms with Gasteiger partial charge in [-0.2, -0.15) is 0 Å². The van der Waals surface area contributed by atoms with Crippen molar-refractivity contribution in [1.29, 1.82) is 0 Å². The van der Waals surface area contributed by atoms with Gasteiger partial charge in [-0.25, -0.2) is 4.98 Å². The maximum atomic E-state index is 6.07. The number of hydrogen-bond acceptors (Lipinski definition) is 3. The summed E-state index contributed by atoms with van der Waals surface area (Å²) in [6, 6.07) is 1.72. The number of anilines is 1. The van der Waals surface area contributed by atoms with Crippen LogP contribution >= 0.6 is 11.6 Å². The van der Waals surface area contributed by atoms with Gasteiger partial charge in [0.15, 0.2) is 0 Å². The summed E-state index contributed by atoms with van der Waals surface area (Å²) in [6.07, 6.45) is 3.59. The van der Waals surface area contributed by atoms with E-state index in [1.165, 1.54) is 19.3 Å². The molecule has 1 aromatic heterocycles. The molecule has 1 heterocycles. The number of aromatic nitrogens is 1. The largest absolute Gasteiger partial charge is 0.480 e. The van der Waals surface area contributed by atoms with Gasteiger partial charge in [0, 0.05) is 5.92 Å². The van der Waals surface area contributed by atoms with Gasteiger partial charge in [0.25, 0.3) is 0 Å². The molecule has 14 heavy (non-hydrogen) atoms. The predicted molar refractivity (Wildman–Crippen MR) is 56.8 cm³/mol. The van der Waals surface area contributed by atoms with E-state index in [1.807, 2.05) is 0 Å². The van der Waals surface area contributed by atoms with Crippen molar-refractivity contribution in [2.45, 2.75) is 25.2 Å². The standard InChI is InChI=1S/C10H13ClN2O/c1-14-10-8(12)5-7(11)9(13-10)6-3-2-4-6/h5-6H,2-4,12H2,1H3. The fourth-order valence-electron chi connectivity index (χ4n) is 1.63. The molecule has 4 heteroatoms. The number of pyridine rings is 1. The quantitative estimate of drug-likeness (QED) is 0.820. The molecule has 0 aromatic carbocycles. The van der Waals surface area contributed by atoms with E-state index in [0.717, 1.165) is 5.69 Å². The number of halogens is 1. The minimum absolute atomic E-state index is 0.483. The Labute approximate surface area is 88.2 Å². The van der Waals surface area contributed by atoms with Crippen molar-refractivity contribution in [2.75, 3.05) is 12.8 Å². The van der Waals surface area contributed by atoms with E-state index in [4.69, 9.17) is 22.1 Å². The second-order valence-electron chi connectivity index (χ2n) is 3.58. The van der Waals surface area contributed by atoms with Gasteiger partial charge in [-0.3, -0.25) is 0 Å². The molecular weight excluding hydrogens is 200 g/mol. The molecule has 1 aliphatic carbocycles. The highest BCUT2D eigenvalue weighted by molar-refractivity contribution is 6.31. The van der Waals surface area contributed by atoms with Gasteiger partial charge in [-0.15, -0.1) is 0 Å². The number of nitrogen functional groups attached to an aromatic ring is 1. The number of methoxy groups -OCH3 is 1. The van der Waals surface area contributed by atoms with Crippen molar-refractivity contribution in [1.82, 2.24) is 4.98 Å². The molecule has 0 unspecified atom stereocenters. The predicted octanol–water partition coefficient (Wildman–Crippen LogP) is 2.59. The first-order valence-corrected chi connectivity index (χ1v) is 5.10. The van der Waals surface area contributed by atoms with Crippen LogP contribution in [0.25, 0.3) is 0 Å². The number of ether oxygens (including phenoxy) is 1. The highest BCUT2D eigenvalue weighted by Gasteiger charge is 2.24. The van der Waals surface area contributed by atoms with Gasteiger partial charge in [-0.1, -0.05) is 18.0 Å². The first kappa shape index (κ1) is 9.59. The smallest absolute Gasteiger partial charge is 0.237 e. The van der Waals surface area contributed by atoms with Crippen LogP contribution in [0.2, 0.25) is 5.02 Å². The van der Waals surface area contributed by atoms with E-state index >= 15 is 0 Å². The maximum Gasteiger partial charge on any atom is 0.237 e. The van der Waals surface area contributed by atoms with E-state index in [0.29, 0.717) is 22.5 Å². The lowest BCUT2D eigenvalue weighted by Gasteiger charge is -2.26. The molecule has 2 rings (SSSR count). The summed E-state index contributed by atoms with van der Waals surface area (Å²) in [6.45, 7) is 0.